The van der Waals surface area contributed by atoms with Gasteiger partial charge in [-0.15, -0.1) is 0 Å². The van der Waals surface area contributed by atoms with E-state index in [0.29, 0.717) is 5.57 Å². The molecule has 1 aromatic rings. The van der Waals surface area contributed by atoms with E-state index in [4.69, 9.17) is 4.74 Å². The number of ether oxygens (including phenoxy) is 1. The minimum absolute atomic E-state index is 0.176. The third-order valence-corrected chi connectivity index (χ3v) is 2.86. The number of carbonyl (C=O) groups excluding carboxylic acids is 1. The molecule has 0 N–H and O–H groups in total. The summed E-state index contributed by atoms with van der Waals surface area (Å²) in [6, 6.07) is 8.31. The molecule has 2 heteroatoms. The van der Waals surface area contributed by atoms with Crippen LogP contribution in [0.15, 0.2) is 36.4 Å². The largest absolute Gasteiger partial charge is 0.454 e. The number of benzene rings is 1. The smallest absolute Gasteiger partial charge is 0.333 e. The van der Waals surface area contributed by atoms with Crippen molar-refractivity contribution >= 4 is 5.97 Å². The van der Waals surface area contributed by atoms with E-state index in [1.165, 1.54) is 5.56 Å². The van der Waals surface area contributed by atoms with Gasteiger partial charge in [-0.05, 0) is 30.9 Å². The number of hydrogen-bond acceptors (Lipinski definition) is 2. The van der Waals surface area contributed by atoms with Crippen LogP contribution in [0.4, 0.5) is 0 Å². The molecule has 0 aliphatic heterocycles. The Morgan fingerprint density at radius 3 is 2.33 bits per heavy atom. The SMILES string of the molecule is C=C(C)C(=O)OC(CC)c1ccc(CCC)cc1. The summed E-state index contributed by atoms with van der Waals surface area (Å²) in [4.78, 5) is 11.5. The summed E-state index contributed by atoms with van der Waals surface area (Å²) in [6.45, 7) is 9.44. The lowest BCUT2D eigenvalue weighted by atomic mass is 10.0. The van der Waals surface area contributed by atoms with Crippen LogP contribution in [0.25, 0.3) is 0 Å². The predicted molar refractivity (Wildman–Crippen MR) is 74.4 cm³/mol. The first-order valence-electron chi connectivity index (χ1n) is 6.53. The Labute approximate surface area is 110 Å². The number of hydrogen-bond donors (Lipinski definition) is 0. The Balaban J connectivity index is 2.76. The van der Waals surface area contributed by atoms with Crippen molar-refractivity contribution in [2.45, 2.75) is 46.1 Å². The van der Waals surface area contributed by atoms with Gasteiger partial charge in [0.15, 0.2) is 0 Å². The molecule has 0 fully saturated rings. The Hall–Kier alpha value is -1.57. The van der Waals surface area contributed by atoms with Crippen molar-refractivity contribution in [2.24, 2.45) is 0 Å². The summed E-state index contributed by atoms with van der Waals surface area (Å²) in [5.41, 5.74) is 2.81. The van der Waals surface area contributed by atoms with Crippen molar-refractivity contribution in [2.75, 3.05) is 0 Å². The van der Waals surface area contributed by atoms with Gasteiger partial charge < -0.3 is 4.74 Å². The molecule has 0 aliphatic carbocycles. The van der Waals surface area contributed by atoms with Gasteiger partial charge in [-0.3, -0.25) is 0 Å². The van der Waals surface area contributed by atoms with E-state index in [1.807, 2.05) is 19.1 Å². The molecule has 1 rings (SSSR count). The topological polar surface area (TPSA) is 26.3 Å². The van der Waals surface area contributed by atoms with Crippen LogP contribution in [0.3, 0.4) is 0 Å². The van der Waals surface area contributed by atoms with Crippen molar-refractivity contribution < 1.29 is 9.53 Å². The molecule has 0 radical (unpaired) electrons. The molecular formula is C16H22O2. The summed E-state index contributed by atoms with van der Waals surface area (Å²) in [6.07, 6.45) is 2.82. The lowest BCUT2D eigenvalue weighted by Crippen LogP contribution is -2.11. The summed E-state index contributed by atoms with van der Waals surface area (Å²) in [5, 5.41) is 0. The van der Waals surface area contributed by atoms with Gasteiger partial charge >= 0.3 is 5.97 Å². The zero-order chi connectivity index (χ0) is 13.5. The summed E-state index contributed by atoms with van der Waals surface area (Å²) in [7, 11) is 0. The maximum atomic E-state index is 11.5. The lowest BCUT2D eigenvalue weighted by molar-refractivity contribution is -0.144. The Morgan fingerprint density at radius 2 is 1.89 bits per heavy atom. The van der Waals surface area contributed by atoms with Gasteiger partial charge in [0.2, 0.25) is 0 Å². The molecule has 2 nitrogen and oxygen atoms in total. The van der Waals surface area contributed by atoms with Gasteiger partial charge in [0.25, 0.3) is 0 Å². The molecule has 0 aliphatic rings. The molecule has 0 saturated heterocycles. The van der Waals surface area contributed by atoms with E-state index in [9.17, 15) is 4.79 Å². The van der Waals surface area contributed by atoms with Crippen LogP contribution in [0.5, 0.6) is 0 Å². The van der Waals surface area contributed by atoms with E-state index in [1.54, 1.807) is 6.92 Å². The van der Waals surface area contributed by atoms with Crippen LogP contribution in [0, 0.1) is 0 Å². The van der Waals surface area contributed by atoms with E-state index >= 15 is 0 Å². The van der Waals surface area contributed by atoms with Gasteiger partial charge in [-0.2, -0.15) is 0 Å². The average molecular weight is 246 g/mol. The second kappa shape index (κ2) is 7.00. The van der Waals surface area contributed by atoms with Gasteiger partial charge in [0, 0.05) is 5.57 Å². The number of esters is 1. The van der Waals surface area contributed by atoms with Crippen molar-refractivity contribution in [1.29, 1.82) is 0 Å². The van der Waals surface area contributed by atoms with Gasteiger partial charge in [0.1, 0.15) is 6.10 Å². The minimum atomic E-state index is -0.320. The molecular weight excluding hydrogens is 224 g/mol. The molecule has 0 saturated carbocycles. The second-order valence-corrected chi connectivity index (χ2v) is 4.57. The maximum absolute atomic E-state index is 11.5. The van der Waals surface area contributed by atoms with Crippen molar-refractivity contribution in [3.63, 3.8) is 0 Å². The van der Waals surface area contributed by atoms with Crippen LogP contribution in [-0.4, -0.2) is 5.97 Å². The normalized spacial score (nSPS) is 11.9. The van der Waals surface area contributed by atoms with Gasteiger partial charge in [0.05, 0.1) is 0 Å². The summed E-state index contributed by atoms with van der Waals surface area (Å²) < 4.78 is 5.41. The first kappa shape index (κ1) is 14.5. The molecule has 1 aromatic carbocycles. The van der Waals surface area contributed by atoms with Crippen molar-refractivity contribution in [1.82, 2.24) is 0 Å². The molecule has 0 heterocycles. The van der Waals surface area contributed by atoms with E-state index in [2.05, 4.69) is 25.6 Å². The highest BCUT2D eigenvalue weighted by molar-refractivity contribution is 5.87. The Bertz CT molecular complexity index is 404. The molecule has 0 bridgehead atoms. The molecule has 0 amide bonds. The monoisotopic (exact) mass is 246 g/mol. The van der Waals surface area contributed by atoms with E-state index in [-0.39, 0.29) is 12.1 Å². The van der Waals surface area contributed by atoms with E-state index < -0.39 is 0 Å². The fourth-order valence-corrected chi connectivity index (χ4v) is 1.80. The van der Waals surface area contributed by atoms with E-state index in [0.717, 1.165) is 24.8 Å². The summed E-state index contributed by atoms with van der Waals surface area (Å²) >= 11 is 0. The highest BCUT2D eigenvalue weighted by Crippen LogP contribution is 2.22. The van der Waals surface area contributed by atoms with Gasteiger partial charge in [-0.1, -0.05) is 51.1 Å². The quantitative estimate of drug-likeness (QED) is 0.555. The molecule has 0 aromatic heterocycles. The lowest BCUT2D eigenvalue weighted by Gasteiger charge is -2.17. The van der Waals surface area contributed by atoms with Crippen LogP contribution in [-0.2, 0) is 16.0 Å². The predicted octanol–water partition coefficient (Wildman–Crippen LogP) is 4.21. The molecule has 0 spiro atoms. The van der Waals surface area contributed by atoms with Crippen LogP contribution in [0.1, 0.15) is 50.8 Å². The van der Waals surface area contributed by atoms with Gasteiger partial charge in [-0.25, -0.2) is 4.79 Å². The number of carbonyl (C=O) groups is 1. The third-order valence-electron chi connectivity index (χ3n) is 2.86. The Kier molecular flexibility index (Phi) is 5.63. The van der Waals surface area contributed by atoms with Crippen molar-refractivity contribution in [3.8, 4) is 0 Å². The second-order valence-electron chi connectivity index (χ2n) is 4.57. The first-order valence-corrected chi connectivity index (χ1v) is 6.53. The van der Waals surface area contributed by atoms with Crippen molar-refractivity contribution in [3.05, 3.63) is 47.5 Å². The molecule has 98 valence electrons. The zero-order valence-corrected chi connectivity index (χ0v) is 11.5. The number of aryl methyl sites for hydroxylation is 1. The highest BCUT2D eigenvalue weighted by Gasteiger charge is 2.15. The molecule has 1 atom stereocenters. The molecule has 18 heavy (non-hydrogen) atoms. The first-order chi connectivity index (χ1) is 8.58. The fraction of sp³-hybridized carbons (Fsp3) is 0.438. The standard InChI is InChI=1S/C16H22O2/c1-5-7-13-8-10-14(11-9-13)15(6-2)18-16(17)12(3)4/h8-11,15H,3,5-7H2,1-2,4H3. The fourth-order valence-electron chi connectivity index (χ4n) is 1.80. The third kappa shape index (κ3) is 4.02. The maximum Gasteiger partial charge on any atom is 0.333 e. The highest BCUT2D eigenvalue weighted by atomic mass is 16.5. The Morgan fingerprint density at radius 1 is 1.28 bits per heavy atom. The number of rotatable bonds is 6. The average Bonchev–Trinajstić information content (AvgIpc) is 2.37. The van der Waals surface area contributed by atoms with Crippen LogP contribution in [0.2, 0.25) is 0 Å². The summed E-state index contributed by atoms with van der Waals surface area (Å²) in [5.74, 6) is -0.320. The zero-order valence-electron chi connectivity index (χ0n) is 11.5. The van der Waals surface area contributed by atoms with Crippen LogP contribution < -0.4 is 0 Å². The molecule has 1 unspecified atom stereocenters. The minimum Gasteiger partial charge on any atom is -0.454 e. The van der Waals surface area contributed by atoms with Crippen LogP contribution >= 0.6 is 0 Å².